The van der Waals surface area contributed by atoms with E-state index in [9.17, 15) is 17.6 Å². The Kier molecular flexibility index (Phi) is 7.90. The second-order valence-corrected chi connectivity index (χ2v) is 9.97. The van der Waals surface area contributed by atoms with Crippen LogP contribution in [0, 0.1) is 5.82 Å². The Hall–Kier alpha value is -1.75. The molecule has 2 aliphatic rings. The maximum absolute atomic E-state index is 13.5. The van der Waals surface area contributed by atoms with Crippen molar-refractivity contribution in [1.29, 1.82) is 0 Å². The van der Waals surface area contributed by atoms with Gasteiger partial charge in [-0.05, 0) is 62.6 Å². The van der Waals surface area contributed by atoms with Gasteiger partial charge >= 0.3 is 6.09 Å². The average Bonchev–Trinajstić information content (AvgIpc) is 3.06. The maximum Gasteiger partial charge on any atom is 0.410 e. The quantitative estimate of drug-likeness (QED) is 0.656. The lowest BCUT2D eigenvalue weighted by Gasteiger charge is -2.33. The molecule has 2 fully saturated rings. The van der Waals surface area contributed by atoms with E-state index in [1.807, 2.05) is 13.0 Å². The van der Waals surface area contributed by atoms with Crippen LogP contribution in [0.3, 0.4) is 0 Å². The van der Waals surface area contributed by atoms with Gasteiger partial charge in [0, 0.05) is 19.1 Å². The van der Waals surface area contributed by atoms with Crippen molar-refractivity contribution in [3.8, 4) is 0 Å². The smallest absolute Gasteiger partial charge is 0.410 e. The molecule has 1 heterocycles. The number of nitrogens with one attached hydrogen (secondary N) is 2. The lowest BCUT2D eigenvalue weighted by Crippen LogP contribution is -2.52. The summed E-state index contributed by atoms with van der Waals surface area (Å²) in [4.78, 5) is 13.9. The summed E-state index contributed by atoms with van der Waals surface area (Å²) in [5.74, 6) is 0.0907. The third kappa shape index (κ3) is 5.94. The van der Waals surface area contributed by atoms with E-state index in [-0.39, 0.29) is 24.6 Å². The van der Waals surface area contributed by atoms with Gasteiger partial charge in [-0.15, -0.1) is 0 Å². The van der Waals surface area contributed by atoms with Crippen LogP contribution in [0.25, 0.3) is 0 Å². The van der Waals surface area contributed by atoms with Gasteiger partial charge in [0.25, 0.3) is 10.2 Å². The van der Waals surface area contributed by atoms with Crippen LogP contribution in [0.2, 0.25) is 0 Å². The number of rotatable bonds is 7. The Morgan fingerprint density at radius 1 is 1.26 bits per heavy atom. The summed E-state index contributed by atoms with van der Waals surface area (Å²) in [6.07, 6.45) is 3.43. The van der Waals surface area contributed by atoms with Gasteiger partial charge in [0.1, 0.15) is 5.82 Å². The third-order valence-electron chi connectivity index (χ3n) is 6.35. The van der Waals surface area contributed by atoms with Crippen molar-refractivity contribution < 1.29 is 27.1 Å². The third-order valence-corrected chi connectivity index (χ3v) is 7.50. The maximum atomic E-state index is 13.5. The molecule has 3 atom stereocenters. The van der Waals surface area contributed by atoms with Crippen LogP contribution >= 0.6 is 0 Å². The van der Waals surface area contributed by atoms with E-state index in [0.717, 1.165) is 31.2 Å². The molecule has 1 amide bonds. The van der Waals surface area contributed by atoms with E-state index in [2.05, 4.69) is 9.44 Å². The lowest BCUT2D eigenvalue weighted by molar-refractivity contribution is -0.00862. The first kappa shape index (κ1) is 23.9. The van der Waals surface area contributed by atoms with Crippen LogP contribution in [0.5, 0.6) is 0 Å². The molecule has 0 radical (unpaired) electrons. The Morgan fingerprint density at radius 2 is 1.97 bits per heavy atom. The molecule has 3 rings (SSSR count). The number of carbonyl (C=O) groups is 1. The first-order chi connectivity index (χ1) is 14.7. The molecular formula is C21H32FN3O5S. The molecule has 174 valence electrons. The molecule has 0 spiro atoms. The van der Waals surface area contributed by atoms with Gasteiger partial charge in [-0.3, -0.25) is 4.90 Å². The highest BCUT2D eigenvalue weighted by Gasteiger charge is 2.44. The molecule has 0 bridgehead atoms. The minimum atomic E-state index is -3.66. The lowest BCUT2D eigenvalue weighted by atomic mass is 9.82. The minimum Gasteiger partial charge on any atom is -0.453 e. The summed E-state index contributed by atoms with van der Waals surface area (Å²) in [6, 6.07) is 5.62. The predicted molar refractivity (Wildman–Crippen MR) is 114 cm³/mol. The normalized spacial score (nSPS) is 29.2. The van der Waals surface area contributed by atoms with E-state index >= 15 is 0 Å². The number of hydrogen-bond acceptors (Lipinski definition) is 5. The van der Waals surface area contributed by atoms with E-state index in [4.69, 9.17) is 9.47 Å². The molecule has 1 saturated carbocycles. The van der Waals surface area contributed by atoms with Crippen molar-refractivity contribution in [3.63, 3.8) is 0 Å². The fourth-order valence-electron chi connectivity index (χ4n) is 4.72. The van der Waals surface area contributed by atoms with Crippen LogP contribution in [0.4, 0.5) is 9.18 Å². The largest absolute Gasteiger partial charge is 0.453 e. The highest BCUT2D eigenvalue weighted by atomic mass is 32.2. The number of carbonyl (C=O) groups excluding carboxylic acids is 1. The molecule has 2 N–H and O–H groups in total. The van der Waals surface area contributed by atoms with Crippen LogP contribution < -0.4 is 9.44 Å². The van der Waals surface area contributed by atoms with Crippen molar-refractivity contribution in [1.82, 2.24) is 14.3 Å². The van der Waals surface area contributed by atoms with Gasteiger partial charge in [0.05, 0.1) is 25.9 Å². The number of halogens is 1. The fraction of sp³-hybridized carbons (Fsp3) is 0.667. The van der Waals surface area contributed by atoms with E-state index in [1.165, 1.54) is 20.2 Å². The van der Waals surface area contributed by atoms with E-state index < -0.39 is 28.4 Å². The summed E-state index contributed by atoms with van der Waals surface area (Å²) in [5, 5.41) is 0. The first-order valence-electron chi connectivity index (χ1n) is 10.7. The molecule has 1 aromatic rings. The number of ether oxygens (including phenoxy) is 2. The topological polar surface area (TPSA) is 97.0 Å². The van der Waals surface area contributed by atoms with Crippen LogP contribution in [-0.2, 0) is 19.7 Å². The molecule has 1 aromatic carbocycles. The summed E-state index contributed by atoms with van der Waals surface area (Å²) < 4.78 is 53.5. The van der Waals surface area contributed by atoms with Crippen molar-refractivity contribution in [2.45, 2.75) is 69.2 Å². The molecule has 0 aromatic heterocycles. The van der Waals surface area contributed by atoms with Crippen LogP contribution in [0.1, 0.15) is 50.5 Å². The fourth-order valence-corrected chi connectivity index (χ4v) is 5.49. The summed E-state index contributed by atoms with van der Waals surface area (Å²) in [6.45, 7) is 2.08. The van der Waals surface area contributed by atoms with Crippen molar-refractivity contribution in [2.24, 2.45) is 0 Å². The SMILES string of the molecule is CNS(=O)(=O)N[C@@H]1C[C@H](C)N(C(=O)OC)[C@@H]1CO[C@H]1CC[C@@H](c2cccc(F)c2)CC1. The zero-order chi connectivity index (χ0) is 22.6. The average molecular weight is 458 g/mol. The number of nitrogens with zero attached hydrogens (tertiary/aromatic N) is 1. The molecule has 1 aliphatic heterocycles. The molecule has 8 nitrogen and oxygen atoms in total. The molecule has 0 unspecified atom stereocenters. The Bertz CT molecular complexity index is 860. The van der Waals surface area contributed by atoms with E-state index in [0.29, 0.717) is 12.3 Å². The van der Waals surface area contributed by atoms with Crippen molar-refractivity contribution in [2.75, 3.05) is 20.8 Å². The van der Waals surface area contributed by atoms with Crippen molar-refractivity contribution in [3.05, 3.63) is 35.6 Å². The molecule has 1 aliphatic carbocycles. The van der Waals surface area contributed by atoms with Gasteiger partial charge in [0.2, 0.25) is 0 Å². The zero-order valence-corrected chi connectivity index (χ0v) is 19.0. The first-order valence-corrected chi connectivity index (χ1v) is 12.2. The van der Waals surface area contributed by atoms with Gasteiger partial charge in [-0.25, -0.2) is 13.9 Å². The summed E-state index contributed by atoms with van der Waals surface area (Å²) in [7, 11) is -1.02. The summed E-state index contributed by atoms with van der Waals surface area (Å²) in [5.41, 5.74) is 1.02. The second kappa shape index (κ2) is 10.2. The number of benzene rings is 1. The molecule has 1 saturated heterocycles. The van der Waals surface area contributed by atoms with Crippen LogP contribution in [0.15, 0.2) is 24.3 Å². The van der Waals surface area contributed by atoms with Gasteiger partial charge in [0.15, 0.2) is 0 Å². The van der Waals surface area contributed by atoms with Crippen LogP contribution in [-0.4, -0.2) is 64.4 Å². The number of likely N-dealkylation sites (tertiary alicyclic amines) is 1. The van der Waals surface area contributed by atoms with Gasteiger partial charge in [-0.2, -0.15) is 13.1 Å². The number of methoxy groups -OCH3 is 1. The number of hydrogen-bond donors (Lipinski definition) is 2. The highest BCUT2D eigenvalue weighted by molar-refractivity contribution is 7.87. The van der Waals surface area contributed by atoms with Gasteiger partial charge in [-0.1, -0.05) is 12.1 Å². The molecular weight excluding hydrogens is 425 g/mol. The van der Waals surface area contributed by atoms with E-state index in [1.54, 1.807) is 17.0 Å². The predicted octanol–water partition coefficient (Wildman–Crippen LogP) is 2.52. The number of amides is 1. The summed E-state index contributed by atoms with van der Waals surface area (Å²) >= 11 is 0. The monoisotopic (exact) mass is 457 g/mol. The second-order valence-electron chi connectivity index (χ2n) is 8.32. The minimum absolute atomic E-state index is 0.0155. The molecule has 31 heavy (non-hydrogen) atoms. The molecule has 10 heteroatoms. The zero-order valence-electron chi connectivity index (χ0n) is 18.2. The highest BCUT2D eigenvalue weighted by Crippen LogP contribution is 2.35. The van der Waals surface area contributed by atoms with Crippen molar-refractivity contribution >= 4 is 16.3 Å². The Labute approximate surface area is 183 Å². The van der Waals surface area contributed by atoms with Gasteiger partial charge < -0.3 is 9.47 Å². The standard InChI is InChI=1S/C21H32FN3O5S/c1-14-11-19(24-31(27,28)23-2)20(25(14)21(26)29-3)13-30-18-9-7-15(8-10-18)16-5-4-6-17(22)12-16/h4-6,12,14-15,18-20,23-24H,7-11,13H2,1-3H3/t14-,15-,18+,19+,20+/m0/s1. The Morgan fingerprint density at radius 3 is 2.58 bits per heavy atom. The Balaban J connectivity index is 1.61.